The quantitative estimate of drug-likeness (QED) is 0.788. The molecule has 1 unspecified atom stereocenters. The lowest BCUT2D eigenvalue weighted by atomic mass is 9.91. The van der Waals surface area contributed by atoms with Gasteiger partial charge in [-0.15, -0.1) is 0 Å². The van der Waals surface area contributed by atoms with Crippen molar-refractivity contribution in [2.24, 2.45) is 0 Å². The summed E-state index contributed by atoms with van der Waals surface area (Å²) >= 11 is 0. The number of hydrogen-bond donors (Lipinski definition) is 0. The van der Waals surface area contributed by atoms with E-state index < -0.39 is 0 Å². The van der Waals surface area contributed by atoms with Crippen LogP contribution < -0.4 is 0 Å². The molecule has 0 spiro atoms. The molecule has 2 heteroatoms. The second kappa shape index (κ2) is 5.55. The van der Waals surface area contributed by atoms with Gasteiger partial charge in [0.2, 0.25) is 0 Å². The number of nitrogens with zero attached hydrogens (tertiary/aromatic N) is 1. The lowest BCUT2D eigenvalue weighted by Crippen LogP contribution is -2.45. The molecule has 2 nitrogen and oxygen atoms in total. The first-order valence-electron chi connectivity index (χ1n) is 7.04. The van der Waals surface area contributed by atoms with Crippen molar-refractivity contribution in [2.75, 3.05) is 6.54 Å². The monoisotopic (exact) mass is 245 g/mol. The fraction of sp³-hybridized carbons (Fsp3) is 0.562. The highest BCUT2D eigenvalue weighted by atomic mass is 16.2. The molecule has 0 radical (unpaired) electrons. The van der Waals surface area contributed by atoms with Crippen LogP contribution in [0.1, 0.15) is 56.3 Å². The summed E-state index contributed by atoms with van der Waals surface area (Å²) in [5, 5.41) is 0. The van der Waals surface area contributed by atoms with Gasteiger partial charge in [-0.05, 0) is 38.3 Å². The molecule has 1 heterocycles. The fourth-order valence-corrected chi connectivity index (χ4v) is 2.92. The summed E-state index contributed by atoms with van der Waals surface area (Å²) in [6.45, 7) is 5.37. The molecule has 1 aromatic carbocycles. The first-order valence-corrected chi connectivity index (χ1v) is 7.04. The maximum absolute atomic E-state index is 12.6. The van der Waals surface area contributed by atoms with E-state index in [0.29, 0.717) is 0 Å². The molecule has 0 aromatic heterocycles. The SMILES string of the molecule is CCCCC1(C)CCCN1C(=O)c1ccccc1. The third-order valence-corrected chi connectivity index (χ3v) is 4.08. The van der Waals surface area contributed by atoms with Crippen molar-refractivity contribution in [3.63, 3.8) is 0 Å². The van der Waals surface area contributed by atoms with E-state index in [1.54, 1.807) is 0 Å². The highest BCUT2D eigenvalue weighted by Crippen LogP contribution is 2.34. The van der Waals surface area contributed by atoms with Gasteiger partial charge in [-0.3, -0.25) is 4.79 Å². The Morgan fingerprint density at radius 2 is 2.06 bits per heavy atom. The molecule has 1 aliphatic rings. The average molecular weight is 245 g/mol. The number of carbonyl (C=O) groups is 1. The van der Waals surface area contributed by atoms with Crippen LogP contribution in [0.2, 0.25) is 0 Å². The molecule has 18 heavy (non-hydrogen) atoms. The molecule has 0 N–H and O–H groups in total. The van der Waals surface area contributed by atoms with Gasteiger partial charge in [0.15, 0.2) is 0 Å². The van der Waals surface area contributed by atoms with Crippen LogP contribution in [0, 0.1) is 0 Å². The number of rotatable bonds is 4. The molecule has 0 aliphatic carbocycles. The zero-order valence-corrected chi connectivity index (χ0v) is 11.5. The van der Waals surface area contributed by atoms with E-state index in [1.807, 2.05) is 30.3 Å². The van der Waals surface area contributed by atoms with E-state index in [4.69, 9.17) is 0 Å². The van der Waals surface area contributed by atoms with Crippen LogP contribution in [0.15, 0.2) is 30.3 Å². The summed E-state index contributed by atoms with van der Waals surface area (Å²) < 4.78 is 0. The van der Waals surface area contributed by atoms with Crippen LogP contribution in [0.4, 0.5) is 0 Å². The smallest absolute Gasteiger partial charge is 0.254 e. The lowest BCUT2D eigenvalue weighted by molar-refractivity contribution is 0.0605. The van der Waals surface area contributed by atoms with Gasteiger partial charge in [0, 0.05) is 17.6 Å². The lowest BCUT2D eigenvalue weighted by Gasteiger charge is -2.35. The molecule has 0 saturated carbocycles. The number of unbranched alkanes of at least 4 members (excludes halogenated alkanes) is 1. The highest BCUT2D eigenvalue weighted by Gasteiger charge is 2.38. The van der Waals surface area contributed by atoms with Crippen molar-refractivity contribution in [1.29, 1.82) is 0 Å². The van der Waals surface area contributed by atoms with Gasteiger partial charge < -0.3 is 4.90 Å². The minimum Gasteiger partial charge on any atom is -0.333 e. The second-order valence-corrected chi connectivity index (χ2v) is 5.53. The minimum atomic E-state index is 0.0724. The first-order chi connectivity index (χ1) is 8.67. The Morgan fingerprint density at radius 1 is 1.33 bits per heavy atom. The zero-order chi connectivity index (χ0) is 13.0. The standard InChI is InChI=1S/C16H23NO/c1-3-4-11-16(2)12-8-13-17(16)15(18)14-9-6-5-7-10-14/h5-7,9-10H,3-4,8,11-13H2,1-2H3. The summed E-state index contributed by atoms with van der Waals surface area (Å²) in [4.78, 5) is 14.6. The molecule has 1 atom stereocenters. The molecular weight excluding hydrogens is 222 g/mol. The topological polar surface area (TPSA) is 20.3 Å². The van der Waals surface area contributed by atoms with Gasteiger partial charge in [0.25, 0.3) is 5.91 Å². The van der Waals surface area contributed by atoms with Crippen molar-refractivity contribution in [3.05, 3.63) is 35.9 Å². The fourth-order valence-electron chi connectivity index (χ4n) is 2.92. The molecular formula is C16H23NO. The number of likely N-dealkylation sites (tertiary alicyclic amines) is 1. The molecule has 0 bridgehead atoms. The van der Waals surface area contributed by atoms with Gasteiger partial charge in [0.1, 0.15) is 0 Å². The molecule has 1 aromatic rings. The summed E-state index contributed by atoms with van der Waals surface area (Å²) in [5.41, 5.74) is 0.894. The first kappa shape index (κ1) is 13.1. The largest absolute Gasteiger partial charge is 0.333 e. The van der Waals surface area contributed by atoms with E-state index in [9.17, 15) is 4.79 Å². The Kier molecular flexibility index (Phi) is 4.05. The minimum absolute atomic E-state index is 0.0724. The molecule has 98 valence electrons. The van der Waals surface area contributed by atoms with Crippen molar-refractivity contribution < 1.29 is 4.79 Å². The third-order valence-electron chi connectivity index (χ3n) is 4.08. The summed E-state index contributed by atoms with van der Waals surface area (Å²) in [6, 6.07) is 9.66. The Balaban J connectivity index is 2.14. The third kappa shape index (κ3) is 2.58. The maximum Gasteiger partial charge on any atom is 0.254 e. The van der Waals surface area contributed by atoms with Crippen molar-refractivity contribution >= 4 is 5.91 Å². The van der Waals surface area contributed by atoms with Gasteiger partial charge in [-0.25, -0.2) is 0 Å². The van der Waals surface area contributed by atoms with Crippen LogP contribution in [0.3, 0.4) is 0 Å². The summed E-state index contributed by atoms with van der Waals surface area (Å²) in [6.07, 6.45) is 5.81. The van der Waals surface area contributed by atoms with Crippen molar-refractivity contribution in [2.45, 2.75) is 51.5 Å². The van der Waals surface area contributed by atoms with Gasteiger partial charge in [0.05, 0.1) is 0 Å². The Morgan fingerprint density at radius 3 is 2.72 bits per heavy atom. The van der Waals surface area contributed by atoms with Crippen LogP contribution in [-0.2, 0) is 0 Å². The van der Waals surface area contributed by atoms with Crippen LogP contribution in [0.5, 0.6) is 0 Å². The van der Waals surface area contributed by atoms with Crippen LogP contribution in [-0.4, -0.2) is 22.9 Å². The van der Waals surface area contributed by atoms with Crippen LogP contribution >= 0.6 is 0 Å². The average Bonchev–Trinajstić information content (AvgIpc) is 2.79. The van der Waals surface area contributed by atoms with Crippen molar-refractivity contribution in [3.8, 4) is 0 Å². The molecule has 1 amide bonds. The van der Waals surface area contributed by atoms with E-state index in [1.165, 1.54) is 12.8 Å². The van der Waals surface area contributed by atoms with E-state index in [2.05, 4.69) is 18.7 Å². The van der Waals surface area contributed by atoms with Crippen LogP contribution in [0.25, 0.3) is 0 Å². The normalized spacial score (nSPS) is 23.3. The van der Waals surface area contributed by atoms with E-state index >= 15 is 0 Å². The molecule has 2 rings (SSSR count). The number of carbonyl (C=O) groups excluding carboxylic acids is 1. The number of amides is 1. The Labute approximate surface area is 110 Å². The number of benzene rings is 1. The predicted molar refractivity (Wildman–Crippen MR) is 74.6 cm³/mol. The molecule has 1 saturated heterocycles. The van der Waals surface area contributed by atoms with E-state index in [-0.39, 0.29) is 11.4 Å². The Hall–Kier alpha value is -1.31. The molecule has 1 fully saturated rings. The van der Waals surface area contributed by atoms with Gasteiger partial charge >= 0.3 is 0 Å². The van der Waals surface area contributed by atoms with E-state index in [0.717, 1.165) is 31.4 Å². The Bertz CT molecular complexity index is 401. The highest BCUT2D eigenvalue weighted by molar-refractivity contribution is 5.94. The number of hydrogen-bond acceptors (Lipinski definition) is 1. The summed E-state index contributed by atoms with van der Waals surface area (Å²) in [5.74, 6) is 0.201. The zero-order valence-electron chi connectivity index (χ0n) is 11.5. The van der Waals surface area contributed by atoms with Gasteiger partial charge in [-0.1, -0.05) is 38.0 Å². The summed E-state index contributed by atoms with van der Waals surface area (Å²) in [7, 11) is 0. The predicted octanol–water partition coefficient (Wildman–Crippen LogP) is 3.87. The second-order valence-electron chi connectivity index (χ2n) is 5.53. The van der Waals surface area contributed by atoms with Gasteiger partial charge in [-0.2, -0.15) is 0 Å². The molecule has 1 aliphatic heterocycles. The van der Waals surface area contributed by atoms with Crippen molar-refractivity contribution in [1.82, 2.24) is 4.90 Å². The maximum atomic E-state index is 12.6.